The molecule has 0 aromatic heterocycles. The number of rotatable bonds is 6. The summed E-state index contributed by atoms with van der Waals surface area (Å²) < 4.78 is 0. The van der Waals surface area contributed by atoms with E-state index in [2.05, 4.69) is 17.2 Å². The summed E-state index contributed by atoms with van der Waals surface area (Å²) in [5, 5.41) is 5.40. The Morgan fingerprint density at radius 1 is 1.33 bits per heavy atom. The van der Waals surface area contributed by atoms with Gasteiger partial charge in [0.1, 0.15) is 6.04 Å². The Morgan fingerprint density at radius 3 is 2.56 bits per heavy atom. The van der Waals surface area contributed by atoms with Crippen molar-refractivity contribution in [3.8, 4) is 0 Å². The first-order valence-electron chi connectivity index (χ1n) is 5.94. The standard InChI is InChI=1S/C14H18N2O2/c1-3-10-15-14(18)13(16-12(17)4-2)11-8-6-5-7-9-11/h4-9,13H,2-3,10H2,1H3,(H,15,18)(H,16,17). The lowest BCUT2D eigenvalue weighted by molar-refractivity contribution is -0.127. The number of benzene rings is 1. The molecule has 4 heteroatoms. The Hall–Kier alpha value is -2.10. The monoisotopic (exact) mass is 246 g/mol. The number of carbonyl (C=O) groups excluding carboxylic acids is 2. The molecule has 1 unspecified atom stereocenters. The van der Waals surface area contributed by atoms with E-state index in [9.17, 15) is 9.59 Å². The minimum absolute atomic E-state index is 0.210. The average Bonchev–Trinajstić information content (AvgIpc) is 2.42. The maximum absolute atomic E-state index is 12.0. The first kappa shape index (κ1) is 14.0. The molecule has 0 aliphatic rings. The molecule has 4 nitrogen and oxygen atoms in total. The van der Waals surface area contributed by atoms with E-state index in [1.165, 1.54) is 0 Å². The Labute approximate surface area is 107 Å². The van der Waals surface area contributed by atoms with Crippen LogP contribution in [0.4, 0.5) is 0 Å². The van der Waals surface area contributed by atoms with Crippen LogP contribution in [0.3, 0.4) is 0 Å². The third-order valence-electron chi connectivity index (χ3n) is 2.42. The van der Waals surface area contributed by atoms with E-state index < -0.39 is 6.04 Å². The molecule has 1 atom stereocenters. The highest BCUT2D eigenvalue weighted by Crippen LogP contribution is 2.12. The van der Waals surface area contributed by atoms with Crippen molar-refractivity contribution in [2.24, 2.45) is 0 Å². The molecule has 1 aromatic rings. The van der Waals surface area contributed by atoms with Crippen LogP contribution >= 0.6 is 0 Å². The highest BCUT2D eigenvalue weighted by Gasteiger charge is 2.20. The maximum atomic E-state index is 12.0. The van der Waals surface area contributed by atoms with Gasteiger partial charge in [0, 0.05) is 6.54 Å². The van der Waals surface area contributed by atoms with E-state index in [1.807, 2.05) is 25.1 Å². The van der Waals surface area contributed by atoms with Gasteiger partial charge in [-0.15, -0.1) is 0 Å². The number of hydrogen-bond acceptors (Lipinski definition) is 2. The molecule has 0 radical (unpaired) electrons. The molecule has 2 N–H and O–H groups in total. The first-order valence-corrected chi connectivity index (χ1v) is 5.94. The predicted octanol–water partition coefficient (Wildman–Crippen LogP) is 1.56. The normalized spacial score (nSPS) is 11.4. The van der Waals surface area contributed by atoms with Crippen LogP contribution in [0, 0.1) is 0 Å². The fourth-order valence-corrected chi connectivity index (χ4v) is 1.50. The van der Waals surface area contributed by atoms with E-state index in [0.29, 0.717) is 6.54 Å². The van der Waals surface area contributed by atoms with Crippen LogP contribution in [0.1, 0.15) is 24.9 Å². The second-order valence-corrected chi connectivity index (χ2v) is 3.85. The van der Waals surface area contributed by atoms with Gasteiger partial charge >= 0.3 is 0 Å². The molecule has 18 heavy (non-hydrogen) atoms. The zero-order valence-corrected chi connectivity index (χ0v) is 10.5. The Morgan fingerprint density at radius 2 is 2.00 bits per heavy atom. The lowest BCUT2D eigenvalue weighted by Crippen LogP contribution is -2.40. The molecule has 0 aliphatic carbocycles. The van der Waals surface area contributed by atoms with E-state index in [-0.39, 0.29) is 11.8 Å². The SMILES string of the molecule is C=CC(=O)NC(C(=O)NCCC)c1ccccc1. The summed E-state index contributed by atoms with van der Waals surface area (Å²) in [6.45, 7) is 5.95. The van der Waals surface area contributed by atoms with Crippen LogP contribution in [-0.4, -0.2) is 18.4 Å². The molecule has 0 fully saturated rings. The Kier molecular flexibility index (Phi) is 5.64. The topological polar surface area (TPSA) is 58.2 Å². The van der Waals surface area contributed by atoms with Gasteiger partial charge in [0.2, 0.25) is 11.8 Å². The summed E-state index contributed by atoms with van der Waals surface area (Å²) in [7, 11) is 0. The summed E-state index contributed by atoms with van der Waals surface area (Å²) >= 11 is 0. The second kappa shape index (κ2) is 7.27. The largest absolute Gasteiger partial charge is 0.354 e. The fraction of sp³-hybridized carbons (Fsp3) is 0.286. The molecule has 1 aromatic carbocycles. The predicted molar refractivity (Wildman–Crippen MR) is 70.8 cm³/mol. The summed E-state index contributed by atoms with van der Waals surface area (Å²) in [6.07, 6.45) is 2.01. The van der Waals surface area contributed by atoms with E-state index in [4.69, 9.17) is 0 Å². The van der Waals surface area contributed by atoms with Crippen molar-refractivity contribution in [1.29, 1.82) is 0 Å². The lowest BCUT2D eigenvalue weighted by atomic mass is 10.1. The highest BCUT2D eigenvalue weighted by atomic mass is 16.2. The first-order chi connectivity index (χ1) is 8.69. The van der Waals surface area contributed by atoms with Gasteiger partial charge in [-0.1, -0.05) is 43.8 Å². The Balaban J connectivity index is 2.84. The molecule has 1 rings (SSSR count). The van der Waals surface area contributed by atoms with Crippen LogP contribution in [0.25, 0.3) is 0 Å². The summed E-state index contributed by atoms with van der Waals surface area (Å²) in [6, 6.07) is 8.45. The van der Waals surface area contributed by atoms with Crippen LogP contribution in [0.2, 0.25) is 0 Å². The van der Waals surface area contributed by atoms with Gasteiger partial charge in [-0.25, -0.2) is 0 Å². The van der Waals surface area contributed by atoms with Crippen molar-refractivity contribution < 1.29 is 9.59 Å². The molecule has 0 saturated carbocycles. The van der Waals surface area contributed by atoms with Gasteiger partial charge in [-0.3, -0.25) is 9.59 Å². The molecule has 96 valence electrons. The highest BCUT2D eigenvalue weighted by molar-refractivity contribution is 5.93. The zero-order valence-electron chi connectivity index (χ0n) is 10.5. The molecule has 2 amide bonds. The molecule has 0 spiro atoms. The van der Waals surface area contributed by atoms with Gasteiger partial charge in [-0.05, 0) is 18.1 Å². The van der Waals surface area contributed by atoms with Gasteiger partial charge in [0.15, 0.2) is 0 Å². The molecular formula is C14H18N2O2. The van der Waals surface area contributed by atoms with Crippen molar-refractivity contribution in [1.82, 2.24) is 10.6 Å². The van der Waals surface area contributed by atoms with E-state index in [1.54, 1.807) is 12.1 Å². The van der Waals surface area contributed by atoms with Crippen molar-refractivity contribution in [3.05, 3.63) is 48.6 Å². The number of amides is 2. The van der Waals surface area contributed by atoms with Crippen molar-refractivity contribution >= 4 is 11.8 Å². The van der Waals surface area contributed by atoms with Gasteiger partial charge in [-0.2, -0.15) is 0 Å². The van der Waals surface area contributed by atoms with Crippen molar-refractivity contribution in [3.63, 3.8) is 0 Å². The molecule has 0 aliphatic heterocycles. The molecule has 0 saturated heterocycles. The maximum Gasteiger partial charge on any atom is 0.247 e. The third kappa shape index (κ3) is 4.05. The quantitative estimate of drug-likeness (QED) is 0.748. The van der Waals surface area contributed by atoms with E-state index in [0.717, 1.165) is 18.1 Å². The average molecular weight is 246 g/mol. The van der Waals surface area contributed by atoms with Gasteiger partial charge in [0.25, 0.3) is 0 Å². The van der Waals surface area contributed by atoms with E-state index >= 15 is 0 Å². The molecular weight excluding hydrogens is 228 g/mol. The van der Waals surface area contributed by atoms with Crippen LogP contribution < -0.4 is 10.6 Å². The van der Waals surface area contributed by atoms with Crippen molar-refractivity contribution in [2.75, 3.05) is 6.54 Å². The number of hydrogen-bond donors (Lipinski definition) is 2. The van der Waals surface area contributed by atoms with Gasteiger partial charge < -0.3 is 10.6 Å². The van der Waals surface area contributed by atoms with Crippen LogP contribution in [-0.2, 0) is 9.59 Å². The molecule has 0 heterocycles. The van der Waals surface area contributed by atoms with Gasteiger partial charge in [0.05, 0.1) is 0 Å². The summed E-state index contributed by atoms with van der Waals surface area (Å²) in [5.41, 5.74) is 0.751. The van der Waals surface area contributed by atoms with Crippen LogP contribution in [0.5, 0.6) is 0 Å². The minimum Gasteiger partial charge on any atom is -0.354 e. The fourth-order valence-electron chi connectivity index (χ4n) is 1.50. The molecule has 0 bridgehead atoms. The number of carbonyl (C=O) groups is 2. The smallest absolute Gasteiger partial charge is 0.247 e. The number of nitrogens with one attached hydrogen (secondary N) is 2. The Bertz CT molecular complexity index is 415. The van der Waals surface area contributed by atoms with Crippen LogP contribution in [0.15, 0.2) is 43.0 Å². The third-order valence-corrected chi connectivity index (χ3v) is 2.42. The minimum atomic E-state index is -0.678. The second-order valence-electron chi connectivity index (χ2n) is 3.85. The zero-order chi connectivity index (χ0) is 13.4. The lowest BCUT2D eigenvalue weighted by Gasteiger charge is -2.17. The summed E-state index contributed by atoms with van der Waals surface area (Å²) in [5.74, 6) is -0.575. The van der Waals surface area contributed by atoms with Crippen molar-refractivity contribution in [2.45, 2.75) is 19.4 Å². The summed E-state index contributed by atoms with van der Waals surface area (Å²) in [4.78, 5) is 23.4.